The molecule has 3 aromatic rings. The van der Waals surface area contributed by atoms with Crippen LogP contribution in [0.1, 0.15) is 5.56 Å². The van der Waals surface area contributed by atoms with Gasteiger partial charge in [0.25, 0.3) is 5.88 Å². The lowest BCUT2D eigenvalue weighted by Gasteiger charge is -2.10. The van der Waals surface area contributed by atoms with Crippen LogP contribution >= 0.6 is 11.6 Å². The summed E-state index contributed by atoms with van der Waals surface area (Å²) in [7, 11) is 1.80. The third kappa shape index (κ3) is 2.28. The van der Waals surface area contributed by atoms with Crippen LogP contribution in [0.4, 0.5) is 5.82 Å². The maximum Gasteiger partial charge on any atom is 0.265 e. The van der Waals surface area contributed by atoms with Gasteiger partial charge in [0, 0.05) is 19.4 Å². The first kappa shape index (κ1) is 12.7. The maximum atomic E-state index is 6.15. The number of halogens is 1. The van der Waals surface area contributed by atoms with Gasteiger partial charge in [-0.1, -0.05) is 17.7 Å². The van der Waals surface area contributed by atoms with E-state index in [1.807, 2.05) is 35.9 Å². The Hall–Kier alpha value is -2.27. The minimum atomic E-state index is 0.411. The summed E-state index contributed by atoms with van der Waals surface area (Å²) in [5.74, 6) is 1.67. The van der Waals surface area contributed by atoms with Gasteiger partial charge >= 0.3 is 0 Å². The van der Waals surface area contributed by atoms with E-state index in [9.17, 15) is 0 Å². The van der Waals surface area contributed by atoms with Crippen molar-refractivity contribution in [3.8, 4) is 11.6 Å². The molecular weight excluding hydrogens is 276 g/mol. The van der Waals surface area contributed by atoms with Crippen molar-refractivity contribution in [1.29, 1.82) is 0 Å². The second-order valence-electron chi connectivity index (χ2n) is 4.38. The molecule has 0 aliphatic heterocycles. The van der Waals surface area contributed by atoms with Crippen molar-refractivity contribution >= 4 is 23.1 Å². The summed E-state index contributed by atoms with van der Waals surface area (Å²) in [5.41, 5.74) is 1.70. The van der Waals surface area contributed by atoms with Crippen LogP contribution in [0.25, 0.3) is 5.65 Å². The van der Waals surface area contributed by atoms with Crippen molar-refractivity contribution in [3.63, 3.8) is 0 Å². The molecule has 0 radical (unpaired) electrons. The summed E-state index contributed by atoms with van der Waals surface area (Å²) in [6, 6.07) is 5.60. The second-order valence-corrected chi connectivity index (χ2v) is 4.78. The molecule has 0 saturated heterocycles. The number of aromatic nitrogens is 3. The highest BCUT2D eigenvalue weighted by molar-refractivity contribution is 6.32. The van der Waals surface area contributed by atoms with Crippen molar-refractivity contribution in [3.05, 3.63) is 47.4 Å². The van der Waals surface area contributed by atoms with Crippen LogP contribution < -0.4 is 10.1 Å². The Balaban J connectivity index is 2.09. The highest BCUT2D eigenvalue weighted by Gasteiger charge is 2.11. The number of rotatable bonds is 3. The third-order valence-corrected chi connectivity index (χ3v) is 3.21. The zero-order valence-corrected chi connectivity index (χ0v) is 11.8. The summed E-state index contributed by atoms with van der Waals surface area (Å²) < 4.78 is 7.68. The Morgan fingerprint density at radius 3 is 3.00 bits per heavy atom. The number of nitrogens with zero attached hydrogens (tertiary/aromatic N) is 3. The smallest absolute Gasteiger partial charge is 0.265 e. The largest absolute Gasteiger partial charge is 0.434 e. The average Bonchev–Trinajstić information content (AvgIpc) is 2.91. The first-order valence-corrected chi connectivity index (χ1v) is 6.50. The number of ether oxygens (including phenoxy) is 1. The van der Waals surface area contributed by atoms with Crippen LogP contribution in [0.15, 0.2) is 36.8 Å². The first-order chi connectivity index (χ1) is 9.67. The molecule has 6 heteroatoms. The molecule has 0 aliphatic rings. The Morgan fingerprint density at radius 1 is 1.35 bits per heavy atom. The summed E-state index contributed by atoms with van der Waals surface area (Å²) in [4.78, 5) is 8.63. The van der Waals surface area contributed by atoms with Gasteiger partial charge in [-0.15, -0.1) is 0 Å². The Morgan fingerprint density at radius 2 is 2.20 bits per heavy atom. The molecule has 2 heterocycles. The molecular formula is C14H13ClN4O. The van der Waals surface area contributed by atoms with Gasteiger partial charge in [-0.2, -0.15) is 4.98 Å². The molecule has 0 bridgehead atoms. The number of hydrogen-bond donors (Lipinski definition) is 1. The van der Waals surface area contributed by atoms with Crippen LogP contribution in [0, 0.1) is 6.92 Å². The molecule has 0 fully saturated rings. The molecule has 5 nitrogen and oxygen atoms in total. The number of imidazole rings is 1. The average molecular weight is 289 g/mol. The molecule has 0 amide bonds. The number of anilines is 1. The molecule has 102 valence electrons. The molecule has 0 aliphatic carbocycles. The molecule has 0 atom stereocenters. The van der Waals surface area contributed by atoms with Gasteiger partial charge < -0.3 is 10.1 Å². The third-order valence-electron chi connectivity index (χ3n) is 2.89. The van der Waals surface area contributed by atoms with Crippen LogP contribution in [0.2, 0.25) is 5.02 Å². The quantitative estimate of drug-likeness (QED) is 0.801. The second kappa shape index (κ2) is 5.02. The van der Waals surface area contributed by atoms with E-state index in [1.54, 1.807) is 19.3 Å². The molecule has 0 saturated carbocycles. The molecule has 3 rings (SSSR count). The van der Waals surface area contributed by atoms with E-state index in [4.69, 9.17) is 16.3 Å². The lowest BCUT2D eigenvalue weighted by molar-refractivity contribution is 0.465. The highest BCUT2D eigenvalue weighted by Crippen LogP contribution is 2.31. The van der Waals surface area contributed by atoms with E-state index in [0.717, 1.165) is 5.56 Å². The molecule has 2 aromatic heterocycles. The van der Waals surface area contributed by atoms with Gasteiger partial charge in [-0.3, -0.25) is 4.40 Å². The van der Waals surface area contributed by atoms with Gasteiger partial charge in [0.2, 0.25) is 5.65 Å². The van der Waals surface area contributed by atoms with E-state index in [0.29, 0.717) is 28.1 Å². The molecule has 1 aromatic carbocycles. The van der Waals surface area contributed by atoms with Crippen molar-refractivity contribution in [2.24, 2.45) is 0 Å². The Kier molecular flexibility index (Phi) is 3.20. The van der Waals surface area contributed by atoms with Crippen molar-refractivity contribution in [1.82, 2.24) is 14.4 Å². The molecule has 20 heavy (non-hydrogen) atoms. The topological polar surface area (TPSA) is 51.5 Å². The minimum absolute atomic E-state index is 0.411. The summed E-state index contributed by atoms with van der Waals surface area (Å²) >= 11 is 6.15. The van der Waals surface area contributed by atoms with Crippen molar-refractivity contribution in [2.75, 3.05) is 12.4 Å². The SMILES string of the molecule is CNc1cn2ccnc2c(Oc2cc(C)ccc2Cl)n1. The summed E-state index contributed by atoms with van der Waals surface area (Å²) in [6.45, 7) is 1.98. The molecule has 0 spiro atoms. The molecule has 0 unspecified atom stereocenters. The van der Waals surface area contributed by atoms with Gasteiger partial charge in [0.15, 0.2) is 0 Å². The minimum Gasteiger partial charge on any atom is -0.434 e. The van der Waals surface area contributed by atoms with E-state index in [-0.39, 0.29) is 0 Å². The van der Waals surface area contributed by atoms with Crippen LogP contribution in [-0.2, 0) is 0 Å². The zero-order valence-electron chi connectivity index (χ0n) is 11.1. The van der Waals surface area contributed by atoms with Gasteiger partial charge in [-0.05, 0) is 24.6 Å². The normalized spacial score (nSPS) is 10.8. The van der Waals surface area contributed by atoms with Crippen molar-refractivity contribution < 1.29 is 4.74 Å². The number of benzene rings is 1. The highest BCUT2D eigenvalue weighted by atomic mass is 35.5. The van der Waals surface area contributed by atoms with E-state index in [2.05, 4.69) is 15.3 Å². The standard InChI is InChI=1S/C14H13ClN4O/c1-9-3-4-10(15)11(7-9)20-14-13-17-5-6-19(13)8-12(16-2)18-14/h3-8,16H,1-2H3. The van der Waals surface area contributed by atoms with Crippen LogP contribution in [-0.4, -0.2) is 21.4 Å². The van der Waals surface area contributed by atoms with Gasteiger partial charge in [0.1, 0.15) is 11.6 Å². The fraction of sp³-hybridized carbons (Fsp3) is 0.143. The first-order valence-electron chi connectivity index (χ1n) is 6.13. The monoisotopic (exact) mass is 288 g/mol. The summed E-state index contributed by atoms with van der Waals surface area (Å²) in [5, 5.41) is 3.53. The van der Waals surface area contributed by atoms with Gasteiger partial charge in [-0.25, -0.2) is 4.98 Å². The fourth-order valence-electron chi connectivity index (χ4n) is 1.88. The molecule has 1 N–H and O–H groups in total. The number of nitrogens with one attached hydrogen (secondary N) is 1. The van der Waals surface area contributed by atoms with Crippen LogP contribution in [0.3, 0.4) is 0 Å². The number of fused-ring (bicyclic) bond motifs is 1. The Labute approximate surface area is 121 Å². The lowest BCUT2D eigenvalue weighted by atomic mass is 10.2. The van der Waals surface area contributed by atoms with E-state index < -0.39 is 0 Å². The number of aryl methyl sites for hydroxylation is 1. The lowest BCUT2D eigenvalue weighted by Crippen LogP contribution is -2.00. The van der Waals surface area contributed by atoms with E-state index >= 15 is 0 Å². The summed E-state index contributed by atoms with van der Waals surface area (Å²) in [6.07, 6.45) is 5.37. The van der Waals surface area contributed by atoms with E-state index in [1.165, 1.54) is 0 Å². The Bertz CT molecular complexity index is 769. The van der Waals surface area contributed by atoms with Crippen molar-refractivity contribution in [2.45, 2.75) is 6.92 Å². The predicted octanol–water partition coefficient (Wildman–Crippen LogP) is 3.53. The maximum absolute atomic E-state index is 6.15. The van der Waals surface area contributed by atoms with Crippen LogP contribution in [0.5, 0.6) is 11.6 Å². The predicted molar refractivity (Wildman–Crippen MR) is 78.8 cm³/mol. The number of hydrogen-bond acceptors (Lipinski definition) is 4. The zero-order chi connectivity index (χ0) is 14.1. The fourth-order valence-corrected chi connectivity index (χ4v) is 2.04. The van der Waals surface area contributed by atoms with Gasteiger partial charge in [0.05, 0.1) is 11.2 Å².